The molecule has 0 radical (unpaired) electrons. The van der Waals surface area contributed by atoms with Crippen LogP contribution < -0.4 is 9.29 Å². The van der Waals surface area contributed by atoms with Crippen molar-refractivity contribution < 1.29 is 30.3 Å². The standard InChI is InChI=1S/C36H36N2O7S2/c1-5-35(6-2,26-19-21-27(22-20-26)44-46(40,41)32-17-11-14-25-13-9-10-15-28(25)32)36(7-3,8-4)45-47(42,43)33-18-12-16-30-29(33)23-24-31(38-37)34(30)39/h9-24H,5-8H2,1-4H3. The van der Waals surface area contributed by atoms with E-state index in [1.165, 1.54) is 36.4 Å². The second kappa shape index (κ2) is 13.0. The first-order valence-electron chi connectivity index (χ1n) is 15.5. The number of nitrogens with zero attached hydrogens (tertiary/aromatic N) is 2. The smallest absolute Gasteiger partial charge is 0.378 e. The fraction of sp³-hybridized carbons (Fsp3) is 0.278. The molecule has 0 aliphatic rings. The lowest BCUT2D eigenvalue weighted by Gasteiger charge is -2.49. The first-order valence-corrected chi connectivity index (χ1v) is 18.3. The fourth-order valence-electron chi connectivity index (χ4n) is 6.95. The van der Waals surface area contributed by atoms with E-state index in [1.54, 1.807) is 42.5 Å². The van der Waals surface area contributed by atoms with Crippen LogP contribution in [0.3, 0.4) is 0 Å². The third-order valence-electron chi connectivity index (χ3n) is 9.45. The molecule has 5 aromatic carbocycles. The minimum atomic E-state index is -4.43. The molecule has 0 unspecified atom stereocenters. The molecule has 0 bridgehead atoms. The molecule has 0 fully saturated rings. The van der Waals surface area contributed by atoms with Crippen LogP contribution in [0.25, 0.3) is 26.5 Å². The largest absolute Gasteiger partial charge is 0.867 e. The van der Waals surface area contributed by atoms with Crippen LogP contribution >= 0.6 is 0 Å². The second-order valence-corrected chi connectivity index (χ2v) is 14.5. The molecule has 0 amide bonds. The molecule has 0 spiro atoms. The van der Waals surface area contributed by atoms with Crippen molar-refractivity contribution >= 4 is 47.5 Å². The van der Waals surface area contributed by atoms with Gasteiger partial charge in [0.2, 0.25) is 5.39 Å². The monoisotopic (exact) mass is 672 g/mol. The molecule has 0 saturated carbocycles. The van der Waals surface area contributed by atoms with E-state index >= 15 is 0 Å². The molecule has 5 rings (SSSR count). The Kier molecular flexibility index (Phi) is 9.33. The van der Waals surface area contributed by atoms with Crippen LogP contribution in [0.5, 0.6) is 11.5 Å². The number of benzene rings is 5. The van der Waals surface area contributed by atoms with Gasteiger partial charge in [0, 0.05) is 22.3 Å². The van der Waals surface area contributed by atoms with Crippen molar-refractivity contribution in [3.05, 3.63) is 108 Å². The number of fused-ring (bicyclic) bond motifs is 2. The van der Waals surface area contributed by atoms with Gasteiger partial charge < -0.3 is 9.29 Å². The molecule has 0 aliphatic carbocycles. The van der Waals surface area contributed by atoms with E-state index in [4.69, 9.17) is 8.37 Å². The van der Waals surface area contributed by atoms with Crippen molar-refractivity contribution in [2.75, 3.05) is 0 Å². The van der Waals surface area contributed by atoms with Crippen LogP contribution in [0.1, 0.15) is 58.9 Å². The average Bonchev–Trinajstić information content (AvgIpc) is 3.08. The summed E-state index contributed by atoms with van der Waals surface area (Å²) in [5, 5.41) is 23.6. The van der Waals surface area contributed by atoms with Crippen molar-refractivity contribution in [1.82, 2.24) is 0 Å². The number of hydrogen-bond acceptors (Lipinski definition) is 8. The molecule has 9 nitrogen and oxygen atoms in total. The maximum absolute atomic E-state index is 14.1. The zero-order valence-electron chi connectivity index (χ0n) is 26.6. The third-order valence-corrected chi connectivity index (χ3v) is 12.2. The van der Waals surface area contributed by atoms with Crippen molar-refractivity contribution in [2.24, 2.45) is 0 Å². The SMILES string of the molecule is CCC(CC)(OS(=O)(=O)c1cccc2c([O-])c([N+]#N)ccc12)C(CC)(CC)c1ccc(OS(=O)(=O)c2cccc3ccccc23)cc1. The fourth-order valence-corrected chi connectivity index (χ4v) is 9.70. The summed E-state index contributed by atoms with van der Waals surface area (Å²) < 4.78 is 66.8. The maximum Gasteiger partial charge on any atom is 0.378 e. The van der Waals surface area contributed by atoms with Gasteiger partial charge in [-0.05, 0) is 78.1 Å². The van der Waals surface area contributed by atoms with E-state index in [1.807, 2.05) is 45.9 Å². The summed E-state index contributed by atoms with van der Waals surface area (Å²) in [6.45, 7) is 7.69. The Morgan fingerprint density at radius 1 is 0.660 bits per heavy atom. The highest BCUT2D eigenvalue weighted by Gasteiger charge is 2.52. The summed E-state index contributed by atoms with van der Waals surface area (Å²) in [6, 6.07) is 25.9. The highest BCUT2D eigenvalue weighted by Crippen LogP contribution is 2.50. The van der Waals surface area contributed by atoms with Gasteiger partial charge in [0.05, 0.1) is 5.60 Å². The third kappa shape index (κ3) is 5.82. The quantitative estimate of drug-likeness (QED) is 0.0952. The van der Waals surface area contributed by atoms with Gasteiger partial charge in [-0.25, -0.2) is 0 Å². The molecule has 0 heterocycles. The van der Waals surface area contributed by atoms with Crippen LogP contribution in [0, 0.1) is 5.39 Å². The molecular weight excluding hydrogens is 637 g/mol. The Balaban J connectivity index is 1.53. The van der Waals surface area contributed by atoms with Crippen LogP contribution in [0.4, 0.5) is 5.69 Å². The van der Waals surface area contributed by atoms with Gasteiger partial charge in [-0.1, -0.05) is 88.4 Å². The lowest BCUT2D eigenvalue weighted by atomic mass is 9.61. The van der Waals surface area contributed by atoms with Crippen LogP contribution in [0.15, 0.2) is 107 Å². The van der Waals surface area contributed by atoms with Gasteiger partial charge in [0.15, 0.2) is 4.98 Å². The van der Waals surface area contributed by atoms with Gasteiger partial charge in [0.1, 0.15) is 15.5 Å². The predicted octanol–water partition coefficient (Wildman–Crippen LogP) is 8.34. The Bertz CT molecular complexity index is 2200. The van der Waals surface area contributed by atoms with Crippen molar-refractivity contribution in [2.45, 2.75) is 74.2 Å². The molecule has 0 N–H and O–H groups in total. The van der Waals surface area contributed by atoms with Gasteiger partial charge >= 0.3 is 15.8 Å². The molecule has 5 aromatic rings. The number of diazo groups is 1. The predicted molar refractivity (Wildman–Crippen MR) is 180 cm³/mol. The van der Waals surface area contributed by atoms with Gasteiger partial charge in [0.25, 0.3) is 10.1 Å². The van der Waals surface area contributed by atoms with E-state index in [9.17, 15) is 27.3 Å². The molecule has 0 saturated heterocycles. The van der Waals surface area contributed by atoms with Crippen molar-refractivity contribution in [1.29, 1.82) is 5.39 Å². The summed E-state index contributed by atoms with van der Waals surface area (Å²) in [6.07, 6.45) is 1.69. The second-order valence-electron chi connectivity index (χ2n) is 11.4. The summed E-state index contributed by atoms with van der Waals surface area (Å²) in [5.74, 6) is -0.478. The lowest BCUT2D eigenvalue weighted by Crippen LogP contribution is -2.53. The van der Waals surface area contributed by atoms with Gasteiger partial charge in [-0.15, -0.1) is 0 Å². The topological polar surface area (TPSA) is 138 Å². The van der Waals surface area contributed by atoms with Crippen LogP contribution in [-0.2, 0) is 29.8 Å². The van der Waals surface area contributed by atoms with E-state index < -0.39 is 37.0 Å². The molecule has 0 atom stereocenters. The molecule has 0 aromatic heterocycles. The number of hydrogen-bond donors (Lipinski definition) is 0. The Morgan fingerprint density at radius 3 is 1.85 bits per heavy atom. The normalized spacial score (nSPS) is 12.7. The first-order chi connectivity index (χ1) is 22.4. The zero-order chi connectivity index (χ0) is 34.0. The lowest BCUT2D eigenvalue weighted by molar-refractivity contribution is -0.264. The summed E-state index contributed by atoms with van der Waals surface area (Å²) in [4.78, 5) is 2.90. The summed E-state index contributed by atoms with van der Waals surface area (Å²) >= 11 is 0. The minimum absolute atomic E-state index is 0.0604. The Morgan fingerprint density at radius 2 is 1.23 bits per heavy atom. The molecular formula is C36H36N2O7S2. The van der Waals surface area contributed by atoms with Crippen LogP contribution in [-0.4, -0.2) is 22.4 Å². The molecule has 0 aliphatic heterocycles. The van der Waals surface area contributed by atoms with E-state index in [0.717, 1.165) is 10.9 Å². The van der Waals surface area contributed by atoms with Crippen molar-refractivity contribution in [3.63, 3.8) is 0 Å². The van der Waals surface area contributed by atoms with Gasteiger partial charge in [-0.2, -0.15) is 16.8 Å². The highest BCUT2D eigenvalue weighted by atomic mass is 32.2. The Labute approximate surface area is 275 Å². The Hall–Kier alpha value is -4.50. The van der Waals surface area contributed by atoms with E-state index in [-0.39, 0.29) is 32.0 Å². The summed E-state index contributed by atoms with van der Waals surface area (Å²) in [7, 11) is -8.60. The highest BCUT2D eigenvalue weighted by molar-refractivity contribution is 7.87. The van der Waals surface area contributed by atoms with Gasteiger partial charge in [-0.3, -0.25) is 4.18 Å². The molecule has 11 heteroatoms. The zero-order valence-corrected chi connectivity index (χ0v) is 28.3. The maximum atomic E-state index is 14.1. The molecule has 47 heavy (non-hydrogen) atoms. The summed E-state index contributed by atoms with van der Waals surface area (Å²) in [5.41, 5.74) is -1.45. The average molecular weight is 673 g/mol. The van der Waals surface area contributed by atoms with E-state index in [2.05, 4.69) is 4.98 Å². The van der Waals surface area contributed by atoms with Crippen LogP contribution in [0.2, 0.25) is 0 Å². The molecule has 244 valence electrons. The number of rotatable bonds is 12. The first kappa shape index (κ1) is 33.9. The van der Waals surface area contributed by atoms with Crippen molar-refractivity contribution in [3.8, 4) is 11.5 Å². The minimum Gasteiger partial charge on any atom is -0.867 e. The van der Waals surface area contributed by atoms with E-state index in [0.29, 0.717) is 31.1 Å².